The first-order valence-corrected chi connectivity index (χ1v) is 10.2. The van der Waals surface area contributed by atoms with Gasteiger partial charge in [-0.1, -0.05) is 19.9 Å². The normalized spacial score (nSPS) is 19.3. The monoisotopic (exact) mass is 395 g/mol. The Balaban J connectivity index is 1.93. The fraction of sp³-hybridized carbons (Fsp3) is 0.619. The van der Waals surface area contributed by atoms with Crippen LogP contribution in [0.3, 0.4) is 0 Å². The minimum absolute atomic E-state index is 0.00206. The number of halogens is 2. The van der Waals surface area contributed by atoms with Crippen molar-refractivity contribution in [3.8, 4) is 0 Å². The van der Waals surface area contributed by atoms with Gasteiger partial charge in [0.15, 0.2) is 11.6 Å². The van der Waals surface area contributed by atoms with Gasteiger partial charge in [-0.3, -0.25) is 9.59 Å². The molecule has 7 heteroatoms. The standard InChI is InChI=1S/C21H31F2N3O2/c1-3-11-26(12-4-2)21(28)8-7-20(27)25-19-14-24-10-9-16(19)15-5-6-17(22)18(23)13-15/h5-6,13,16,19,24H,3-4,7-12,14H2,1-2H3,(H,25,27). The van der Waals surface area contributed by atoms with Gasteiger partial charge in [-0.25, -0.2) is 8.78 Å². The molecule has 2 N–H and O–H groups in total. The largest absolute Gasteiger partial charge is 0.351 e. The number of piperidine rings is 1. The van der Waals surface area contributed by atoms with Gasteiger partial charge in [0.25, 0.3) is 0 Å². The highest BCUT2D eigenvalue weighted by molar-refractivity contribution is 5.84. The number of nitrogens with one attached hydrogen (secondary N) is 2. The highest BCUT2D eigenvalue weighted by Gasteiger charge is 2.28. The van der Waals surface area contributed by atoms with E-state index in [-0.39, 0.29) is 36.6 Å². The maximum Gasteiger partial charge on any atom is 0.223 e. The number of benzene rings is 1. The van der Waals surface area contributed by atoms with Crippen molar-refractivity contribution >= 4 is 11.8 Å². The molecule has 156 valence electrons. The van der Waals surface area contributed by atoms with E-state index in [0.29, 0.717) is 25.2 Å². The quantitative estimate of drug-likeness (QED) is 0.676. The number of carbonyl (C=O) groups excluding carboxylic acids is 2. The van der Waals surface area contributed by atoms with E-state index in [0.717, 1.165) is 31.9 Å². The van der Waals surface area contributed by atoms with E-state index in [1.165, 1.54) is 6.07 Å². The highest BCUT2D eigenvalue weighted by Crippen LogP contribution is 2.27. The summed E-state index contributed by atoms with van der Waals surface area (Å²) in [6.07, 6.45) is 2.81. The van der Waals surface area contributed by atoms with Crippen molar-refractivity contribution in [2.75, 3.05) is 26.2 Å². The fourth-order valence-corrected chi connectivity index (χ4v) is 3.71. The van der Waals surface area contributed by atoms with Crippen molar-refractivity contribution in [3.05, 3.63) is 35.4 Å². The lowest BCUT2D eigenvalue weighted by Gasteiger charge is -2.33. The van der Waals surface area contributed by atoms with Gasteiger partial charge in [0, 0.05) is 44.4 Å². The molecule has 1 aliphatic heterocycles. The molecule has 0 aliphatic carbocycles. The number of amides is 2. The maximum atomic E-state index is 13.6. The van der Waals surface area contributed by atoms with Crippen LogP contribution in [0.25, 0.3) is 0 Å². The van der Waals surface area contributed by atoms with Crippen molar-refractivity contribution in [1.82, 2.24) is 15.5 Å². The first-order valence-electron chi connectivity index (χ1n) is 10.2. The smallest absolute Gasteiger partial charge is 0.223 e. The SMILES string of the molecule is CCCN(CCC)C(=O)CCC(=O)NC1CNCCC1c1ccc(F)c(F)c1. The Morgan fingerprint density at radius 3 is 2.50 bits per heavy atom. The van der Waals surface area contributed by atoms with Crippen molar-refractivity contribution in [2.24, 2.45) is 0 Å². The molecule has 1 saturated heterocycles. The van der Waals surface area contributed by atoms with Crippen LogP contribution in [-0.2, 0) is 9.59 Å². The minimum atomic E-state index is -0.876. The lowest BCUT2D eigenvalue weighted by molar-refractivity contribution is -0.133. The molecule has 1 aliphatic rings. The average Bonchev–Trinajstić information content (AvgIpc) is 2.68. The molecule has 2 atom stereocenters. The number of nitrogens with zero attached hydrogens (tertiary/aromatic N) is 1. The molecule has 0 radical (unpaired) electrons. The lowest BCUT2D eigenvalue weighted by atomic mass is 9.86. The third kappa shape index (κ3) is 6.26. The van der Waals surface area contributed by atoms with Gasteiger partial charge in [-0.2, -0.15) is 0 Å². The van der Waals surface area contributed by atoms with E-state index in [1.807, 2.05) is 13.8 Å². The fourth-order valence-electron chi connectivity index (χ4n) is 3.71. The predicted octanol–water partition coefficient (Wildman–Crippen LogP) is 2.96. The van der Waals surface area contributed by atoms with Crippen LogP contribution in [0.4, 0.5) is 8.78 Å². The Labute approximate surface area is 165 Å². The van der Waals surface area contributed by atoms with Crippen molar-refractivity contribution in [2.45, 2.75) is 57.9 Å². The molecule has 2 rings (SSSR count). The molecular weight excluding hydrogens is 364 g/mol. The summed E-state index contributed by atoms with van der Waals surface area (Å²) in [5.41, 5.74) is 0.679. The first-order chi connectivity index (χ1) is 13.5. The predicted molar refractivity (Wildman–Crippen MR) is 105 cm³/mol. The summed E-state index contributed by atoms with van der Waals surface area (Å²) >= 11 is 0. The third-order valence-corrected chi connectivity index (χ3v) is 5.11. The number of hydrogen-bond acceptors (Lipinski definition) is 3. The number of carbonyl (C=O) groups is 2. The summed E-state index contributed by atoms with van der Waals surface area (Å²) in [7, 11) is 0. The molecule has 0 saturated carbocycles. The molecule has 0 aromatic heterocycles. The average molecular weight is 395 g/mol. The van der Waals surface area contributed by atoms with E-state index in [9.17, 15) is 18.4 Å². The maximum absolute atomic E-state index is 13.6. The van der Waals surface area contributed by atoms with Crippen LogP contribution in [0.1, 0.15) is 57.4 Å². The van der Waals surface area contributed by atoms with E-state index < -0.39 is 11.6 Å². The summed E-state index contributed by atoms with van der Waals surface area (Å²) in [6.45, 7) is 6.77. The number of hydrogen-bond donors (Lipinski definition) is 2. The minimum Gasteiger partial charge on any atom is -0.351 e. The molecule has 1 aromatic carbocycles. The van der Waals surface area contributed by atoms with Gasteiger partial charge in [-0.15, -0.1) is 0 Å². The Bertz CT molecular complexity index is 663. The Kier molecular flexibility index (Phi) is 8.83. The van der Waals surface area contributed by atoms with Crippen LogP contribution in [-0.4, -0.2) is 48.9 Å². The van der Waals surface area contributed by atoms with Crippen LogP contribution in [0.2, 0.25) is 0 Å². The van der Waals surface area contributed by atoms with Crippen LogP contribution < -0.4 is 10.6 Å². The summed E-state index contributed by atoms with van der Waals surface area (Å²) in [6, 6.07) is 3.69. The molecular formula is C21H31F2N3O2. The molecule has 2 unspecified atom stereocenters. The topological polar surface area (TPSA) is 61.4 Å². The van der Waals surface area contributed by atoms with Crippen molar-refractivity contribution < 1.29 is 18.4 Å². The molecule has 1 fully saturated rings. The van der Waals surface area contributed by atoms with E-state index in [4.69, 9.17) is 0 Å². The number of rotatable bonds is 9. The second kappa shape index (κ2) is 11.1. The summed E-state index contributed by atoms with van der Waals surface area (Å²) in [4.78, 5) is 26.5. The lowest BCUT2D eigenvalue weighted by Crippen LogP contribution is -2.50. The van der Waals surface area contributed by atoms with Gasteiger partial charge in [-0.05, 0) is 43.5 Å². The molecule has 1 heterocycles. The molecule has 0 bridgehead atoms. The Morgan fingerprint density at radius 1 is 1.14 bits per heavy atom. The zero-order chi connectivity index (χ0) is 20.5. The van der Waals surface area contributed by atoms with Crippen LogP contribution in [0, 0.1) is 11.6 Å². The van der Waals surface area contributed by atoms with Crippen molar-refractivity contribution in [1.29, 1.82) is 0 Å². The van der Waals surface area contributed by atoms with Gasteiger partial charge in [0.2, 0.25) is 11.8 Å². The van der Waals surface area contributed by atoms with E-state index >= 15 is 0 Å². The molecule has 2 amide bonds. The molecule has 5 nitrogen and oxygen atoms in total. The molecule has 0 spiro atoms. The van der Waals surface area contributed by atoms with Crippen LogP contribution in [0.5, 0.6) is 0 Å². The Morgan fingerprint density at radius 2 is 1.86 bits per heavy atom. The highest BCUT2D eigenvalue weighted by atomic mass is 19.2. The summed E-state index contributed by atoms with van der Waals surface area (Å²) in [5, 5.41) is 6.20. The van der Waals surface area contributed by atoms with Gasteiger partial charge in [0.05, 0.1) is 0 Å². The zero-order valence-corrected chi connectivity index (χ0v) is 16.8. The third-order valence-electron chi connectivity index (χ3n) is 5.11. The van der Waals surface area contributed by atoms with Crippen molar-refractivity contribution in [3.63, 3.8) is 0 Å². The molecule has 1 aromatic rings. The second-order valence-electron chi connectivity index (χ2n) is 7.33. The molecule has 28 heavy (non-hydrogen) atoms. The summed E-state index contributed by atoms with van der Waals surface area (Å²) in [5.74, 6) is -2.04. The summed E-state index contributed by atoms with van der Waals surface area (Å²) < 4.78 is 26.8. The van der Waals surface area contributed by atoms with Crippen LogP contribution >= 0.6 is 0 Å². The van der Waals surface area contributed by atoms with E-state index in [2.05, 4.69) is 10.6 Å². The van der Waals surface area contributed by atoms with Crippen LogP contribution in [0.15, 0.2) is 18.2 Å². The van der Waals surface area contributed by atoms with E-state index in [1.54, 1.807) is 11.0 Å². The van der Waals surface area contributed by atoms with Gasteiger partial charge >= 0.3 is 0 Å². The Hall–Kier alpha value is -2.02. The first kappa shape index (κ1) is 22.3. The van der Waals surface area contributed by atoms with Gasteiger partial charge < -0.3 is 15.5 Å². The van der Waals surface area contributed by atoms with Gasteiger partial charge in [0.1, 0.15) is 0 Å². The second-order valence-corrected chi connectivity index (χ2v) is 7.33. The zero-order valence-electron chi connectivity index (χ0n) is 16.8.